The maximum absolute atomic E-state index is 13.0. The van der Waals surface area contributed by atoms with Crippen molar-refractivity contribution in [3.05, 3.63) is 52.0 Å². The maximum atomic E-state index is 13.0. The van der Waals surface area contributed by atoms with Crippen LogP contribution in [-0.2, 0) is 20.0 Å². The minimum Gasteiger partial charge on any atom is -0.279 e. The fraction of sp³-hybridized carbons (Fsp3) is 0.368. The summed E-state index contributed by atoms with van der Waals surface area (Å²) in [6.45, 7) is 5.50. The predicted octanol–water partition coefficient (Wildman–Crippen LogP) is 4.00. The zero-order chi connectivity index (χ0) is 20.7. The summed E-state index contributed by atoms with van der Waals surface area (Å²) >= 11 is 6.09. The lowest BCUT2D eigenvalue weighted by atomic mass is 10.1. The fourth-order valence-corrected chi connectivity index (χ4v) is 6.86. The Morgan fingerprint density at radius 2 is 1.71 bits per heavy atom. The van der Waals surface area contributed by atoms with E-state index in [4.69, 9.17) is 11.6 Å². The Kier molecular flexibility index (Phi) is 5.67. The second-order valence-electron chi connectivity index (χ2n) is 7.02. The number of anilines is 2. The van der Waals surface area contributed by atoms with Gasteiger partial charge in [0.05, 0.1) is 22.0 Å². The highest BCUT2D eigenvalue weighted by atomic mass is 35.5. The molecule has 6 nitrogen and oxygen atoms in total. The smallest absolute Gasteiger partial charge is 0.262 e. The van der Waals surface area contributed by atoms with Crippen molar-refractivity contribution < 1.29 is 16.8 Å². The van der Waals surface area contributed by atoms with Gasteiger partial charge < -0.3 is 0 Å². The normalized spacial score (nSPS) is 16.8. The number of aryl methyl sites for hydroxylation is 2. The minimum atomic E-state index is -3.87. The van der Waals surface area contributed by atoms with Crippen molar-refractivity contribution in [3.8, 4) is 0 Å². The number of hydrogen-bond acceptors (Lipinski definition) is 4. The Balaban J connectivity index is 2.02. The van der Waals surface area contributed by atoms with Gasteiger partial charge in [-0.3, -0.25) is 9.03 Å². The van der Waals surface area contributed by atoms with Crippen molar-refractivity contribution in [1.82, 2.24) is 0 Å². The van der Waals surface area contributed by atoms with Crippen molar-refractivity contribution in [2.45, 2.75) is 38.5 Å². The zero-order valence-electron chi connectivity index (χ0n) is 16.0. The molecule has 2 aromatic rings. The SMILES string of the molecule is Cc1cc(N2CCCCS2(=O)=O)cc(C)c1S(=O)(=O)Nc1cccc(Cl)c1C. The topological polar surface area (TPSA) is 83.6 Å². The number of sulfonamides is 2. The molecule has 0 aliphatic carbocycles. The average molecular weight is 443 g/mol. The van der Waals surface area contributed by atoms with Gasteiger partial charge in [0.15, 0.2) is 0 Å². The fourth-order valence-electron chi connectivity index (χ4n) is 3.49. The zero-order valence-corrected chi connectivity index (χ0v) is 18.4. The number of rotatable bonds is 4. The van der Waals surface area contributed by atoms with Gasteiger partial charge in [0.2, 0.25) is 10.0 Å². The third-order valence-electron chi connectivity index (χ3n) is 4.86. The van der Waals surface area contributed by atoms with Crippen molar-refractivity contribution >= 4 is 43.0 Å². The van der Waals surface area contributed by atoms with E-state index < -0.39 is 20.0 Å². The molecule has 0 radical (unpaired) electrons. The maximum Gasteiger partial charge on any atom is 0.262 e. The molecule has 9 heteroatoms. The lowest BCUT2D eigenvalue weighted by Crippen LogP contribution is -2.38. The molecule has 28 heavy (non-hydrogen) atoms. The van der Waals surface area contributed by atoms with Gasteiger partial charge >= 0.3 is 0 Å². The van der Waals surface area contributed by atoms with Crippen molar-refractivity contribution in [2.75, 3.05) is 21.3 Å². The van der Waals surface area contributed by atoms with E-state index in [2.05, 4.69) is 4.72 Å². The van der Waals surface area contributed by atoms with Crippen LogP contribution < -0.4 is 9.03 Å². The first kappa shape index (κ1) is 21.0. The summed E-state index contributed by atoms with van der Waals surface area (Å²) in [6.07, 6.45) is 1.43. The van der Waals surface area contributed by atoms with Crippen LogP contribution in [0, 0.1) is 20.8 Å². The number of nitrogens with one attached hydrogen (secondary N) is 1. The molecule has 1 aliphatic rings. The molecule has 0 unspecified atom stereocenters. The highest BCUT2D eigenvalue weighted by Gasteiger charge is 2.28. The van der Waals surface area contributed by atoms with Crippen LogP contribution in [0.2, 0.25) is 5.02 Å². The Hall–Kier alpha value is -1.77. The number of nitrogens with zero attached hydrogens (tertiary/aromatic N) is 1. The Morgan fingerprint density at radius 1 is 1.07 bits per heavy atom. The molecular weight excluding hydrogens is 420 g/mol. The first-order chi connectivity index (χ1) is 13.0. The molecule has 0 saturated carbocycles. The molecule has 1 heterocycles. The second-order valence-corrected chi connectivity index (χ2v) is 11.1. The Labute approximate surface area is 171 Å². The van der Waals surface area contributed by atoms with E-state index in [0.29, 0.717) is 46.1 Å². The second kappa shape index (κ2) is 7.57. The van der Waals surface area contributed by atoms with Crippen molar-refractivity contribution in [1.29, 1.82) is 0 Å². The van der Waals surface area contributed by atoms with Gasteiger partial charge in [-0.1, -0.05) is 17.7 Å². The van der Waals surface area contributed by atoms with Gasteiger partial charge in [0.25, 0.3) is 10.0 Å². The van der Waals surface area contributed by atoms with Crippen LogP contribution in [-0.4, -0.2) is 29.1 Å². The van der Waals surface area contributed by atoms with Crippen LogP contribution in [0.15, 0.2) is 35.2 Å². The molecule has 0 spiro atoms. The van der Waals surface area contributed by atoms with E-state index in [0.717, 1.165) is 6.42 Å². The highest BCUT2D eigenvalue weighted by molar-refractivity contribution is 7.93. The molecule has 0 amide bonds. The third kappa shape index (κ3) is 3.99. The summed E-state index contributed by atoms with van der Waals surface area (Å²) in [7, 11) is -7.23. The molecule has 0 bridgehead atoms. The molecule has 1 saturated heterocycles. The number of hydrogen-bond donors (Lipinski definition) is 1. The molecule has 1 aliphatic heterocycles. The summed E-state index contributed by atoms with van der Waals surface area (Å²) in [5.74, 6) is 0.112. The first-order valence-corrected chi connectivity index (χ1v) is 12.4. The molecule has 1 fully saturated rings. The van der Waals surface area contributed by atoms with Crippen LogP contribution in [0.4, 0.5) is 11.4 Å². The van der Waals surface area contributed by atoms with E-state index in [1.165, 1.54) is 4.31 Å². The number of benzene rings is 2. The summed E-state index contributed by atoms with van der Waals surface area (Å²) in [5, 5.41) is 0.472. The lowest BCUT2D eigenvalue weighted by Gasteiger charge is -2.29. The molecule has 152 valence electrons. The standard InChI is InChI=1S/C19H23ClN2O4S2/c1-13-11-16(22-9-4-5-10-27(22,23)24)12-14(2)19(13)28(25,26)21-18-8-6-7-17(20)15(18)3/h6-8,11-12,21H,4-5,9-10H2,1-3H3. The van der Waals surface area contributed by atoms with Crippen LogP contribution in [0.5, 0.6) is 0 Å². The Morgan fingerprint density at radius 3 is 2.32 bits per heavy atom. The lowest BCUT2D eigenvalue weighted by molar-refractivity contribution is 0.574. The van der Waals surface area contributed by atoms with Crippen LogP contribution in [0.3, 0.4) is 0 Å². The first-order valence-electron chi connectivity index (χ1n) is 8.92. The third-order valence-corrected chi connectivity index (χ3v) is 8.81. The van der Waals surface area contributed by atoms with E-state index >= 15 is 0 Å². The molecule has 1 N–H and O–H groups in total. The predicted molar refractivity (Wildman–Crippen MR) is 113 cm³/mol. The van der Waals surface area contributed by atoms with E-state index in [-0.39, 0.29) is 10.6 Å². The van der Waals surface area contributed by atoms with Crippen molar-refractivity contribution in [3.63, 3.8) is 0 Å². The van der Waals surface area contributed by atoms with Crippen LogP contribution in [0.25, 0.3) is 0 Å². The average Bonchev–Trinajstić information content (AvgIpc) is 2.57. The van der Waals surface area contributed by atoms with Gasteiger partial charge in [-0.05, 0) is 74.6 Å². The summed E-state index contributed by atoms with van der Waals surface area (Å²) in [6, 6.07) is 8.26. The molecule has 3 rings (SSSR count). The van der Waals surface area contributed by atoms with E-state index in [1.54, 1.807) is 51.1 Å². The molecule has 0 atom stereocenters. The summed E-state index contributed by atoms with van der Waals surface area (Å²) in [4.78, 5) is 0.144. The molecular formula is C19H23ClN2O4S2. The van der Waals surface area contributed by atoms with Gasteiger partial charge in [-0.2, -0.15) is 0 Å². The monoisotopic (exact) mass is 442 g/mol. The van der Waals surface area contributed by atoms with Gasteiger partial charge in [-0.15, -0.1) is 0 Å². The summed E-state index contributed by atoms with van der Waals surface area (Å²) in [5.41, 5.74) is 2.53. The minimum absolute atomic E-state index is 0.112. The van der Waals surface area contributed by atoms with Crippen molar-refractivity contribution in [2.24, 2.45) is 0 Å². The highest BCUT2D eigenvalue weighted by Crippen LogP contribution is 2.32. The van der Waals surface area contributed by atoms with Gasteiger partial charge in [-0.25, -0.2) is 16.8 Å². The van der Waals surface area contributed by atoms with E-state index in [9.17, 15) is 16.8 Å². The van der Waals surface area contributed by atoms with Crippen LogP contribution >= 0.6 is 11.6 Å². The summed E-state index contributed by atoms with van der Waals surface area (Å²) < 4.78 is 54.8. The van der Waals surface area contributed by atoms with Crippen LogP contribution in [0.1, 0.15) is 29.5 Å². The Bertz CT molecular complexity index is 1110. The van der Waals surface area contributed by atoms with Gasteiger partial charge in [0.1, 0.15) is 0 Å². The van der Waals surface area contributed by atoms with Gasteiger partial charge in [0, 0.05) is 11.6 Å². The quantitative estimate of drug-likeness (QED) is 0.775. The van der Waals surface area contributed by atoms with E-state index in [1.807, 2.05) is 0 Å². The largest absolute Gasteiger partial charge is 0.279 e. The molecule has 0 aromatic heterocycles. The number of halogens is 1. The molecule has 2 aromatic carbocycles.